The van der Waals surface area contributed by atoms with E-state index in [0.717, 1.165) is 22.3 Å². The zero-order chi connectivity index (χ0) is 17.9. The van der Waals surface area contributed by atoms with Crippen molar-refractivity contribution in [3.63, 3.8) is 0 Å². The Morgan fingerprint density at radius 3 is 2.69 bits per heavy atom. The minimum atomic E-state index is -0.282. The van der Waals surface area contributed by atoms with Crippen LogP contribution in [0, 0.1) is 0 Å². The fraction of sp³-hybridized carbons (Fsp3) is 0.150. The van der Waals surface area contributed by atoms with Crippen molar-refractivity contribution in [1.82, 2.24) is 14.5 Å². The quantitative estimate of drug-likeness (QED) is 0.514. The first-order valence-electron chi connectivity index (χ1n) is 8.30. The molecule has 6 nitrogen and oxygen atoms in total. The number of esters is 1. The molecule has 2 aromatic heterocycles. The van der Waals surface area contributed by atoms with Gasteiger partial charge in [-0.3, -0.25) is 9.36 Å². The molecule has 0 bridgehead atoms. The second-order valence-corrected chi connectivity index (χ2v) is 5.81. The average molecular weight is 347 g/mol. The number of fused-ring (bicyclic) bond motifs is 1. The van der Waals surface area contributed by atoms with E-state index in [1.54, 1.807) is 6.33 Å². The number of aryl methyl sites for hydroxylation is 1. The fourth-order valence-electron chi connectivity index (χ4n) is 2.86. The zero-order valence-corrected chi connectivity index (χ0v) is 14.3. The summed E-state index contributed by atoms with van der Waals surface area (Å²) < 4.78 is 12.6. The molecule has 0 amide bonds. The molecule has 0 aliphatic rings. The maximum Gasteiger partial charge on any atom is 0.308 e. The van der Waals surface area contributed by atoms with Gasteiger partial charge >= 0.3 is 12.0 Å². The van der Waals surface area contributed by atoms with Crippen LogP contribution in [0.2, 0.25) is 0 Å². The van der Waals surface area contributed by atoms with Crippen molar-refractivity contribution in [3.05, 3.63) is 66.7 Å². The van der Waals surface area contributed by atoms with Crippen LogP contribution in [0.1, 0.15) is 12.2 Å². The molecular formula is C20H17N3O3. The molecule has 6 heteroatoms. The van der Waals surface area contributed by atoms with Gasteiger partial charge in [-0.1, -0.05) is 42.5 Å². The number of benzene rings is 2. The van der Waals surface area contributed by atoms with Crippen molar-refractivity contribution in [2.24, 2.45) is 0 Å². The number of para-hydroxylation sites is 2. The summed E-state index contributed by atoms with van der Waals surface area (Å²) >= 11 is 0. The Bertz CT molecular complexity index is 1050. The van der Waals surface area contributed by atoms with Crippen LogP contribution in [0.15, 0.2) is 65.3 Å². The largest absolute Gasteiger partial charge is 0.469 e. The highest BCUT2D eigenvalue weighted by Crippen LogP contribution is 2.28. The summed E-state index contributed by atoms with van der Waals surface area (Å²) in [5.41, 5.74) is 3.44. The van der Waals surface area contributed by atoms with E-state index in [1.807, 2.05) is 59.2 Å². The Morgan fingerprint density at radius 2 is 1.88 bits per heavy atom. The smallest absolute Gasteiger partial charge is 0.308 e. The molecule has 0 aliphatic heterocycles. The summed E-state index contributed by atoms with van der Waals surface area (Å²) in [7, 11) is 1.38. The molecule has 26 heavy (non-hydrogen) atoms. The van der Waals surface area contributed by atoms with E-state index in [4.69, 9.17) is 9.15 Å². The second-order valence-electron chi connectivity index (χ2n) is 5.81. The van der Waals surface area contributed by atoms with Crippen LogP contribution < -0.4 is 0 Å². The lowest BCUT2D eigenvalue weighted by atomic mass is 10.1. The van der Waals surface area contributed by atoms with E-state index in [9.17, 15) is 4.79 Å². The SMILES string of the molecule is COC(=O)CCc1oc(-n2cnc3ccccc32)nc1-c1ccccc1. The summed E-state index contributed by atoms with van der Waals surface area (Å²) in [5.74, 6) is 0.365. The predicted molar refractivity (Wildman–Crippen MR) is 96.9 cm³/mol. The number of carbonyl (C=O) groups is 1. The molecule has 0 saturated heterocycles. The standard InChI is InChI=1S/C20H17N3O3/c1-25-18(24)12-11-17-19(14-7-3-2-4-8-14)22-20(26-17)23-13-21-15-9-5-6-10-16(15)23/h2-10,13H,11-12H2,1H3. The number of oxazole rings is 1. The third kappa shape index (κ3) is 2.97. The van der Waals surface area contributed by atoms with E-state index in [1.165, 1.54) is 7.11 Å². The summed E-state index contributed by atoms with van der Waals surface area (Å²) in [6, 6.07) is 18.0. The molecule has 0 saturated carbocycles. The molecule has 0 atom stereocenters. The van der Waals surface area contributed by atoms with Gasteiger partial charge in [0.1, 0.15) is 17.8 Å². The van der Waals surface area contributed by atoms with Crippen LogP contribution in [0.3, 0.4) is 0 Å². The number of carbonyl (C=O) groups excluding carboxylic acids is 1. The zero-order valence-electron chi connectivity index (χ0n) is 14.3. The Hall–Kier alpha value is -3.41. The van der Waals surface area contributed by atoms with Gasteiger partial charge in [-0.2, -0.15) is 4.98 Å². The van der Waals surface area contributed by atoms with Crippen molar-refractivity contribution in [3.8, 4) is 17.3 Å². The number of methoxy groups -OCH3 is 1. The van der Waals surface area contributed by atoms with Gasteiger partial charge in [0.2, 0.25) is 0 Å². The lowest BCUT2D eigenvalue weighted by Crippen LogP contribution is -2.02. The van der Waals surface area contributed by atoms with Gasteiger partial charge in [0.05, 0.1) is 24.6 Å². The normalized spacial score (nSPS) is 11.0. The highest BCUT2D eigenvalue weighted by atomic mass is 16.5. The number of ether oxygens (including phenoxy) is 1. The highest BCUT2D eigenvalue weighted by molar-refractivity contribution is 5.76. The van der Waals surface area contributed by atoms with Crippen LogP contribution in [-0.2, 0) is 16.0 Å². The van der Waals surface area contributed by atoms with Crippen LogP contribution in [0.4, 0.5) is 0 Å². The first-order chi connectivity index (χ1) is 12.8. The van der Waals surface area contributed by atoms with Gasteiger partial charge < -0.3 is 9.15 Å². The number of hydrogen-bond donors (Lipinski definition) is 0. The average Bonchev–Trinajstić information content (AvgIpc) is 3.30. The van der Waals surface area contributed by atoms with E-state index in [2.05, 4.69) is 9.97 Å². The van der Waals surface area contributed by atoms with Crippen molar-refractivity contribution < 1.29 is 13.9 Å². The number of imidazole rings is 1. The van der Waals surface area contributed by atoms with E-state index in [-0.39, 0.29) is 12.4 Å². The molecule has 2 heterocycles. The number of nitrogens with zero attached hydrogens (tertiary/aromatic N) is 3. The molecule has 0 fully saturated rings. The van der Waals surface area contributed by atoms with E-state index >= 15 is 0 Å². The van der Waals surface area contributed by atoms with Crippen LogP contribution in [0.25, 0.3) is 28.3 Å². The van der Waals surface area contributed by atoms with Crippen molar-refractivity contribution in [2.75, 3.05) is 7.11 Å². The number of rotatable bonds is 5. The first kappa shape index (κ1) is 16.1. The van der Waals surface area contributed by atoms with Crippen molar-refractivity contribution >= 4 is 17.0 Å². The third-order valence-corrected chi connectivity index (χ3v) is 4.18. The maximum atomic E-state index is 11.5. The topological polar surface area (TPSA) is 70.2 Å². The number of aromatic nitrogens is 3. The summed E-state index contributed by atoms with van der Waals surface area (Å²) in [4.78, 5) is 20.6. The maximum absolute atomic E-state index is 11.5. The minimum absolute atomic E-state index is 0.232. The number of hydrogen-bond acceptors (Lipinski definition) is 5. The molecule has 0 aliphatic carbocycles. The Morgan fingerprint density at radius 1 is 1.12 bits per heavy atom. The lowest BCUT2D eigenvalue weighted by molar-refractivity contribution is -0.140. The van der Waals surface area contributed by atoms with Crippen molar-refractivity contribution in [1.29, 1.82) is 0 Å². The molecule has 0 spiro atoms. The third-order valence-electron chi connectivity index (χ3n) is 4.18. The Kier molecular flexibility index (Phi) is 4.23. The van der Waals surface area contributed by atoms with E-state index < -0.39 is 0 Å². The van der Waals surface area contributed by atoms with Gasteiger partial charge in [-0.15, -0.1) is 0 Å². The molecule has 4 rings (SSSR count). The predicted octanol–water partition coefficient (Wildman–Crippen LogP) is 3.79. The molecular weight excluding hydrogens is 330 g/mol. The minimum Gasteiger partial charge on any atom is -0.469 e. The summed E-state index contributed by atoms with van der Waals surface area (Å²) in [5, 5.41) is 0. The molecule has 130 valence electrons. The Labute approximate surface area is 150 Å². The molecule has 0 radical (unpaired) electrons. The lowest BCUT2D eigenvalue weighted by Gasteiger charge is -2.00. The molecule has 0 unspecified atom stereocenters. The van der Waals surface area contributed by atoms with Gasteiger partial charge in [-0.25, -0.2) is 4.98 Å². The summed E-state index contributed by atoms with van der Waals surface area (Å²) in [6.07, 6.45) is 2.33. The van der Waals surface area contributed by atoms with Crippen LogP contribution in [-0.4, -0.2) is 27.6 Å². The molecule has 2 aromatic carbocycles. The van der Waals surface area contributed by atoms with Gasteiger partial charge in [0.15, 0.2) is 0 Å². The highest BCUT2D eigenvalue weighted by Gasteiger charge is 2.18. The molecule has 4 aromatic rings. The molecule has 0 N–H and O–H groups in total. The van der Waals surface area contributed by atoms with Crippen LogP contribution >= 0.6 is 0 Å². The summed E-state index contributed by atoms with van der Waals surface area (Å²) in [6.45, 7) is 0. The first-order valence-corrected chi connectivity index (χ1v) is 8.30. The van der Waals surface area contributed by atoms with Gasteiger partial charge in [0, 0.05) is 12.0 Å². The van der Waals surface area contributed by atoms with Gasteiger partial charge in [0.25, 0.3) is 0 Å². The monoisotopic (exact) mass is 347 g/mol. The van der Waals surface area contributed by atoms with Crippen LogP contribution in [0.5, 0.6) is 0 Å². The van der Waals surface area contributed by atoms with E-state index in [0.29, 0.717) is 18.2 Å². The Balaban J connectivity index is 1.79. The fourth-order valence-corrected chi connectivity index (χ4v) is 2.86. The van der Waals surface area contributed by atoms with Crippen molar-refractivity contribution in [2.45, 2.75) is 12.8 Å². The van der Waals surface area contributed by atoms with Gasteiger partial charge in [-0.05, 0) is 12.1 Å². The second kappa shape index (κ2) is 6.84.